The fourth-order valence-corrected chi connectivity index (χ4v) is 9.93. The minimum absolute atomic E-state index is 0.841. The number of fused-ring (bicyclic) bond motifs is 9. The van der Waals surface area contributed by atoms with Crippen molar-refractivity contribution >= 4 is 77.6 Å². The zero-order valence-electron chi connectivity index (χ0n) is 35.8. The van der Waals surface area contributed by atoms with Crippen LogP contribution in [0.3, 0.4) is 0 Å². The number of benzene rings is 6. The number of nitrogens with zero attached hydrogens (tertiary/aromatic N) is 6. The Labute approximate surface area is 374 Å². The van der Waals surface area contributed by atoms with E-state index in [-0.39, 0.29) is 0 Å². The second-order valence-electron chi connectivity index (χ2n) is 17.2. The lowest BCUT2D eigenvalue weighted by Gasteiger charge is -2.11. The Morgan fingerprint density at radius 1 is 0.462 bits per heavy atom. The first-order valence-corrected chi connectivity index (χ1v) is 22.1. The zero-order valence-corrected chi connectivity index (χ0v) is 35.8. The summed E-state index contributed by atoms with van der Waals surface area (Å²) in [5.74, 6) is 0. The molecular weight excluding hydrogens is 797 g/mol. The van der Waals surface area contributed by atoms with Crippen molar-refractivity contribution in [3.8, 4) is 44.8 Å². The first-order valence-electron chi connectivity index (χ1n) is 22.1. The van der Waals surface area contributed by atoms with E-state index in [0.29, 0.717) is 0 Å². The van der Waals surface area contributed by atoms with Gasteiger partial charge in [0.2, 0.25) is 0 Å². The van der Waals surface area contributed by atoms with E-state index in [9.17, 15) is 0 Å². The predicted molar refractivity (Wildman–Crippen MR) is 267 cm³/mol. The van der Waals surface area contributed by atoms with Crippen LogP contribution < -0.4 is 0 Å². The van der Waals surface area contributed by atoms with Gasteiger partial charge in [-0.3, -0.25) is 19.9 Å². The highest BCUT2D eigenvalue weighted by Gasteiger charge is 2.20. The van der Waals surface area contributed by atoms with Crippen molar-refractivity contribution in [3.63, 3.8) is 0 Å². The van der Waals surface area contributed by atoms with Gasteiger partial charge in [0.25, 0.3) is 0 Å². The van der Waals surface area contributed by atoms with Gasteiger partial charge in [-0.1, -0.05) is 54.6 Å². The van der Waals surface area contributed by atoms with E-state index in [1.807, 2.05) is 30.9 Å². The monoisotopic (exact) mass is 836 g/mol. The highest BCUT2D eigenvalue weighted by molar-refractivity contribution is 6.12. The van der Waals surface area contributed by atoms with Crippen molar-refractivity contribution in [2.45, 2.75) is 26.7 Å². The molecule has 0 unspecified atom stereocenters. The smallest absolute Gasteiger partial charge is 0.135 e. The number of allylic oxidation sites excluding steroid dienone is 1. The molecule has 0 saturated carbocycles. The second-order valence-corrected chi connectivity index (χ2v) is 17.2. The Morgan fingerprint density at radius 3 is 1.54 bits per heavy atom. The van der Waals surface area contributed by atoms with E-state index in [0.717, 1.165) is 129 Å². The van der Waals surface area contributed by atoms with Crippen LogP contribution in [0.2, 0.25) is 0 Å². The van der Waals surface area contributed by atoms with Crippen LogP contribution in [0.1, 0.15) is 29.8 Å². The average molecular weight is 837 g/mol. The quantitative estimate of drug-likeness (QED) is 0.167. The average Bonchev–Trinajstić information content (AvgIpc) is 4.00. The van der Waals surface area contributed by atoms with Crippen LogP contribution >= 0.6 is 0 Å². The van der Waals surface area contributed by atoms with Gasteiger partial charge in [-0.05, 0) is 169 Å². The molecule has 0 amide bonds. The normalized spacial score (nSPS) is 13.0. The van der Waals surface area contributed by atoms with Gasteiger partial charge in [0.1, 0.15) is 11.2 Å². The molecule has 12 aromatic rings. The number of pyridine rings is 3. The van der Waals surface area contributed by atoms with Crippen LogP contribution in [0.25, 0.3) is 116 Å². The summed E-state index contributed by atoms with van der Waals surface area (Å²) < 4.78 is 11.2. The molecule has 7 heterocycles. The molecule has 1 aliphatic heterocycles. The standard InChI is InChI=1S/C58H40N6O/c1-35-13-19-53-57(61-35)49-29-41(37-7-3-9-39(27-37)43-11-5-25-59-33-43)15-21-51(49)63(53)45-17-23-55-47(31-45)48-32-46(18-24-56(48)65-55)64-52-22-16-42(30-50(52)58-54(64)20-14-36(2)62-58)38-8-4-10-40(28-38)44-12-6-26-60-34-44/h3-5,7-11,13-34H,6,12H2,1-2H3. The molecule has 0 saturated heterocycles. The highest BCUT2D eigenvalue weighted by Crippen LogP contribution is 2.40. The number of hydrogen-bond donors (Lipinski definition) is 0. The number of rotatable bonds is 6. The Bertz CT molecular complexity index is 3980. The van der Waals surface area contributed by atoms with Gasteiger partial charge in [-0.2, -0.15) is 0 Å². The highest BCUT2D eigenvalue weighted by atomic mass is 16.3. The molecule has 6 aromatic heterocycles. The topological polar surface area (TPSA) is 74.0 Å². The van der Waals surface area contributed by atoms with Crippen molar-refractivity contribution in [2.24, 2.45) is 4.99 Å². The van der Waals surface area contributed by atoms with E-state index in [2.05, 4.69) is 185 Å². The molecule has 7 heteroatoms. The number of aliphatic imine (C=N–C) groups is 1. The van der Waals surface area contributed by atoms with Gasteiger partial charge in [-0.15, -0.1) is 0 Å². The number of hydrogen-bond acceptors (Lipinski definition) is 5. The molecule has 0 bridgehead atoms. The Kier molecular flexibility index (Phi) is 8.33. The Morgan fingerprint density at radius 2 is 0.985 bits per heavy atom. The summed E-state index contributed by atoms with van der Waals surface area (Å²) in [7, 11) is 0. The maximum atomic E-state index is 6.54. The summed E-state index contributed by atoms with van der Waals surface area (Å²) in [5, 5.41) is 4.32. The molecule has 0 radical (unpaired) electrons. The molecule has 0 fully saturated rings. The number of aromatic nitrogens is 5. The van der Waals surface area contributed by atoms with Gasteiger partial charge in [-0.25, -0.2) is 0 Å². The predicted octanol–water partition coefficient (Wildman–Crippen LogP) is 14.8. The molecule has 65 heavy (non-hydrogen) atoms. The summed E-state index contributed by atoms with van der Waals surface area (Å²) in [6.45, 7) is 4.12. The van der Waals surface area contributed by atoms with Crippen molar-refractivity contribution in [1.29, 1.82) is 0 Å². The molecule has 6 aromatic carbocycles. The largest absolute Gasteiger partial charge is 0.456 e. The third kappa shape index (κ3) is 6.11. The maximum absolute atomic E-state index is 6.54. The maximum Gasteiger partial charge on any atom is 0.135 e. The number of aryl methyl sites for hydroxylation is 2. The van der Waals surface area contributed by atoms with Crippen LogP contribution in [0.4, 0.5) is 0 Å². The van der Waals surface area contributed by atoms with E-state index < -0.39 is 0 Å². The van der Waals surface area contributed by atoms with Crippen molar-refractivity contribution < 1.29 is 4.42 Å². The minimum atomic E-state index is 0.841. The summed E-state index contributed by atoms with van der Waals surface area (Å²) in [6.07, 6.45) is 9.68. The molecule has 0 spiro atoms. The van der Waals surface area contributed by atoms with E-state index in [4.69, 9.17) is 14.4 Å². The van der Waals surface area contributed by atoms with Gasteiger partial charge >= 0.3 is 0 Å². The van der Waals surface area contributed by atoms with E-state index >= 15 is 0 Å². The summed E-state index contributed by atoms with van der Waals surface area (Å²) in [6, 6.07) is 56.7. The van der Waals surface area contributed by atoms with Gasteiger partial charge in [0, 0.05) is 74.7 Å². The van der Waals surface area contributed by atoms with Crippen molar-refractivity contribution in [1.82, 2.24) is 24.1 Å². The molecule has 308 valence electrons. The van der Waals surface area contributed by atoms with Gasteiger partial charge < -0.3 is 13.6 Å². The van der Waals surface area contributed by atoms with E-state index in [1.165, 1.54) is 16.7 Å². The third-order valence-electron chi connectivity index (χ3n) is 13.1. The van der Waals surface area contributed by atoms with Crippen LogP contribution in [-0.4, -0.2) is 30.3 Å². The molecule has 0 atom stereocenters. The summed E-state index contributed by atoms with van der Waals surface area (Å²) >= 11 is 0. The van der Waals surface area contributed by atoms with Crippen molar-refractivity contribution in [3.05, 3.63) is 193 Å². The van der Waals surface area contributed by atoms with E-state index in [1.54, 1.807) is 0 Å². The Balaban J connectivity index is 0.939. The lowest BCUT2D eigenvalue weighted by Crippen LogP contribution is -1.95. The fourth-order valence-electron chi connectivity index (χ4n) is 9.93. The lowest BCUT2D eigenvalue weighted by molar-refractivity contribution is 0.669. The van der Waals surface area contributed by atoms with Crippen molar-refractivity contribution in [2.75, 3.05) is 0 Å². The first-order chi connectivity index (χ1) is 32.0. The molecule has 7 nitrogen and oxygen atoms in total. The third-order valence-corrected chi connectivity index (χ3v) is 13.1. The van der Waals surface area contributed by atoms with Gasteiger partial charge in [0.15, 0.2) is 0 Å². The van der Waals surface area contributed by atoms with Crippen LogP contribution in [0, 0.1) is 13.8 Å². The molecule has 0 N–H and O–H groups in total. The molecule has 1 aliphatic rings. The molecule has 0 aliphatic carbocycles. The van der Waals surface area contributed by atoms with Crippen LogP contribution in [0.15, 0.2) is 186 Å². The fraction of sp³-hybridized carbons (Fsp3) is 0.0690. The van der Waals surface area contributed by atoms with Crippen LogP contribution in [-0.2, 0) is 0 Å². The lowest BCUT2D eigenvalue weighted by atomic mass is 9.96. The minimum Gasteiger partial charge on any atom is -0.456 e. The SMILES string of the molecule is Cc1ccc2c(n1)c1cc(-c3cccc(C4=CN=CCC4)c3)ccc1n2-c1ccc2oc3ccc(-n4c5ccc(-c6cccc(-c7cccnc7)c6)cc5c5nc(C)ccc54)cc3c2c1. The number of furan rings is 1. The Hall–Kier alpha value is -8.42. The second kappa shape index (κ2) is 14.6. The van der Waals surface area contributed by atoms with Crippen LogP contribution in [0.5, 0.6) is 0 Å². The summed E-state index contributed by atoms with van der Waals surface area (Å²) in [5.41, 5.74) is 21.4. The van der Waals surface area contributed by atoms with Gasteiger partial charge in [0.05, 0.1) is 33.1 Å². The molecular formula is C58H40N6O. The summed E-state index contributed by atoms with van der Waals surface area (Å²) in [4.78, 5) is 19.1. The zero-order chi connectivity index (χ0) is 43.2. The first kappa shape index (κ1) is 37.2. The molecule has 13 rings (SSSR count).